The van der Waals surface area contributed by atoms with E-state index in [9.17, 15) is 8.42 Å². The van der Waals surface area contributed by atoms with Crippen LogP contribution in [0.25, 0.3) is 0 Å². The van der Waals surface area contributed by atoms with Gasteiger partial charge in [0, 0.05) is 31.5 Å². The lowest BCUT2D eigenvalue weighted by atomic mass is 10.1. The second-order valence-corrected chi connectivity index (χ2v) is 6.27. The molecule has 94 valence electrons. The molecule has 1 fully saturated rings. The summed E-state index contributed by atoms with van der Waals surface area (Å²) in [4.78, 5) is 9.92. The Morgan fingerprint density at radius 1 is 1.35 bits per heavy atom. The molecule has 0 saturated carbocycles. The minimum Gasteiger partial charge on any atom is -0.356 e. The number of nitrogens with zero attached hydrogens (tertiary/aromatic N) is 3. The molecule has 1 saturated heterocycles. The van der Waals surface area contributed by atoms with Gasteiger partial charge in [-0.05, 0) is 12.8 Å². The molecule has 0 amide bonds. The lowest BCUT2D eigenvalue weighted by Crippen LogP contribution is -2.40. The number of anilines is 1. The van der Waals surface area contributed by atoms with Gasteiger partial charge in [-0.25, -0.2) is 18.4 Å². The Hall–Kier alpha value is -1.21. The van der Waals surface area contributed by atoms with Gasteiger partial charge in [0.2, 0.25) is 0 Å². The highest BCUT2D eigenvalue weighted by Gasteiger charge is 2.19. The molecule has 1 aliphatic rings. The molecule has 1 aromatic rings. The van der Waals surface area contributed by atoms with Crippen LogP contribution in [0.3, 0.4) is 0 Å². The van der Waals surface area contributed by atoms with E-state index in [0.717, 1.165) is 32.2 Å². The van der Waals surface area contributed by atoms with Crippen molar-refractivity contribution in [3.05, 3.63) is 12.4 Å². The first kappa shape index (κ1) is 12.3. The standard InChI is InChI=1S/C10H16N4O2S/c1-17(15,16)10-6-9(12-7-13-10)14-4-2-8(11)3-5-14/h6-8H,2-5,11H2,1H3. The fraction of sp³-hybridized carbons (Fsp3) is 0.600. The molecular weight excluding hydrogens is 240 g/mol. The zero-order valence-electron chi connectivity index (χ0n) is 9.70. The first-order valence-corrected chi connectivity index (χ1v) is 7.38. The van der Waals surface area contributed by atoms with Crippen LogP contribution in [0, 0.1) is 0 Å². The van der Waals surface area contributed by atoms with Gasteiger partial charge in [-0.3, -0.25) is 0 Å². The Morgan fingerprint density at radius 2 is 2.00 bits per heavy atom. The van der Waals surface area contributed by atoms with E-state index in [1.807, 2.05) is 4.90 Å². The van der Waals surface area contributed by atoms with E-state index in [2.05, 4.69) is 9.97 Å². The van der Waals surface area contributed by atoms with Gasteiger partial charge in [0.1, 0.15) is 12.1 Å². The number of piperidine rings is 1. The number of hydrogen-bond donors (Lipinski definition) is 1. The van der Waals surface area contributed by atoms with Crippen LogP contribution in [0.4, 0.5) is 5.82 Å². The maximum Gasteiger partial charge on any atom is 0.192 e. The molecule has 2 N–H and O–H groups in total. The normalized spacial score (nSPS) is 18.4. The number of nitrogens with two attached hydrogens (primary N) is 1. The van der Waals surface area contributed by atoms with Crippen LogP contribution in [0.15, 0.2) is 17.4 Å². The Balaban J connectivity index is 2.22. The molecule has 0 bridgehead atoms. The second kappa shape index (κ2) is 4.58. The summed E-state index contributed by atoms with van der Waals surface area (Å²) >= 11 is 0. The summed E-state index contributed by atoms with van der Waals surface area (Å²) in [6, 6.07) is 1.76. The van der Waals surface area contributed by atoms with Gasteiger partial charge in [0.05, 0.1) is 0 Å². The fourth-order valence-corrected chi connectivity index (χ4v) is 2.39. The molecule has 7 heteroatoms. The first-order chi connectivity index (χ1) is 7.97. The Kier molecular flexibility index (Phi) is 3.30. The Morgan fingerprint density at radius 3 is 2.59 bits per heavy atom. The Bertz CT molecular complexity index is 495. The van der Waals surface area contributed by atoms with E-state index in [-0.39, 0.29) is 11.1 Å². The summed E-state index contributed by atoms with van der Waals surface area (Å²) in [6.07, 6.45) is 4.24. The molecule has 1 aliphatic heterocycles. The smallest absolute Gasteiger partial charge is 0.192 e. The third-order valence-corrected chi connectivity index (χ3v) is 3.85. The van der Waals surface area contributed by atoms with Crippen LogP contribution in [0.1, 0.15) is 12.8 Å². The van der Waals surface area contributed by atoms with Crippen LogP contribution in [0.2, 0.25) is 0 Å². The van der Waals surface area contributed by atoms with E-state index < -0.39 is 9.84 Å². The van der Waals surface area contributed by atoms with Crippen molar-refractivity contribution in [3.63, 3.8) is 0 Å². The number of hydrogen-bond acceptors (Lipinski definition) is 6. The highest BCUT2D eigenvalue weighted by molar-refractivity contribution is 7.90. The largest absolute Gasteiger partial charge is 0.356 e. The maximum atomic E-state index is 11.4. The monoisotopic (exact) mass is 256 g/mol. The molecule has 17 heavy (non-hydrogen) atoms. The van der Waals surface area contributed by atoms with Crippen molar-refractivity contribution >= 4 is 15.7 Å². The SMILES string of the molecule is CS(=O)(=O)c1cc(N2CCC(N)CC2)ncn1. The van der Waals surface area contributed by atoms with E-state index in [1.54, 1.807) is 0 Å². The number of sulfone groups is 1. The molecule has 0 atom stereocenters. The number of rotatable bonds is 2. The summed E-state index contributed by atoms with van der Waals surface area (Å²) < 4.78 is 22.8. The summed E-state index contributed by atoms with van der Waals surface area (Å²) in [6.45, 7) is 1.61. The van der Waals surface area contributed by atoms with Gasteiger partial charge in [-0.2, -0.15) is 0 Å². The zero-order valence-corrected chi connectivity index (χ0v) is 10.5. The van der Waals surface area contributed by atoms with Crippen LogP contribution >= 0.6 is 0 Å². The van der Waals surface area contributed by atoms with Crippen molar-refractivity contribution < 1.29 is 8.42 Å². The van der Waals surface area contributed by atoms with Gasteiger partial charge in [0.25, 0.3) is 0 Å². The van der Waals surface area contributed by atoms with Crippen LogP contribution in [-0.2, 0) is 9.84 Å². The fourth-order valence-electron chi connectivity index (χ4n) is 1.83. The predicted molar refractivity (Wildman–Crippen MR) is 64.6 cm³/mol. The molecule has 0 radical (unpaired) electrons. The maximum absolute atomic E-state index is 11.4. The molecule has 0 unspecified atom stereocenters. The first-order valence-electron chi connectivity index (χ1n) is 5.49. The van der Waals surface area contributed by atoms with Gasteiger partial charge in [0.15, 0.2) is 14.9 Å². The number of aromatic nitrogens is 2. The molecule has 2 heterocycles. The van der Waals surface area contributed by atoms with Gasteiger partial charge < -0.3 is 10.6 Å². The van der Waals surface area contributed by atoms with Crippen LogP contribution < -0.4 is 10.6 Å². The average Bonchev–Trinajstić information content (AvgIpc) is 2.29. The van der Waals surface area contributed by atoms with Crippen molar-refractivity contribution in [3.8, 4) is 0 Å². The van der Waals surface area contributed by atoms with Crippen molar-refractivity contribution in [1.82, 2.24) is 9.97 Å². The van der Waals surface area contributed by atoms with Crippen LogP contribution in [-0.4, -0.2) is 43.8 Å². The second-order valence-electron chi connectivity index (χ2n) is 4.31. The van der Waals surface area contributed by atoms with Gasteiger partial charge >= 0.3 is 0 Å². The molecular formula is C10H16N4O2S. The molecule has 0 aliphatic carbocycles. The zero-order chi connectivity index (χ0) is 12.5. The topological polar surface area (TPSA) is 89.2 Å². The average molecular weight is 256 g/mol. The molecule has 1 aromatic heterocycles. The summed E-state index contributed by atoms with van der Waals surface area (Å²) in [5.41, 5.74) is 5.82. The van der Waals surface area contributed by atoms with E-state index in [1.165, 1.54) is 12.4 Å². The van der Waals surface area contributed by atoms with E-state index in [4.69, 9.17) is 5.73 Å². The minimum absolute atomic E-state index is 0.0670. The third-order valence-electron chi connectivity index (χ3n) is 2.87. The van der Waals surface area contributed by atoms with E-state index in [0.29, 0.717) is 5.82 Å². The van der Waals surface area contributed by atoms with Crippen molar-refractivity contribution in [2.24, 2.45) is 5.73 Å². The lowest BCUT2D eigenvalue weighted by molar-refractivity contribution is 0.498. The summed E-state index contributed by atoms with van der Waals surface area (Å²) in [5, 5.41) is 0.0670. The van der Waals surface area contributed by atoms with Crippen molar-refractivity contribution in [2.45, 2.75) is 23.9 Å². The lowest BCUT2D eigenvalue weighted by Gasteiger charge is -2.30. The minimum atomic E-state index is -3.28. The van der Waals surface area contributed by atoms with Gasteiger partial charge in [-0.1, -0.05) is 0 Å². The summed E-state index contributed by atoms with van der Waals surface area (Å²) in [7, 11) is -3.28. The highest BCUT2D eigenvalue weighted by atomic mass is 32.2. The van der Waals surface area contributed by atoms with E-state index >= 15 is 0 Å². The van der Waals surface area contributed by atoms with Crippen molar-refractivity contribution in [1.29, 1.82) is 0 Å². The Labute approximate surface area is 101 Å². The summed E-state index contributed by atoms with van der Waals surface area (Å²) in [5.74, 6) is 0.660. The predicted octanol–water partition coefficient (Wildman–Crippen LogP) is -0.192. The molecule has 2 rings (SSSR count). The molecule has 0 aromatic carbocycles. The molecule has 0 spiro atoms. The highest BCUT2D eigenvalue weighted by Crippen LogP contribution is 2.18. The van der Waals surface area contributed by atoms with Gasteiger partial charge in [-0.15, -0.1) is 0 Å². The van der Waals surface area contributed by atoms with Crippen LogP contribution in [0.5, 0.6) is 0 Å². The quantitative estimate of drug-likeness (QED) is 0.738. The molecule has 6 nitrogen and oxygen atoms in total. The van der Waals surface area contributed by atoms with Crippen molar-refractivity contribution in [2.75, 3.05) is 24.2 Å². The third kappa shape index (κ3) is 2.92.